The summed E-state index contributed by atoms with van der Waals surface area (Å²) in [5.74, 6) is -0.373. The molecule has 0 saturated carbocycles. The second kappa shape index (κ2) is 34.4. The van der Waals surface area contributed by atoms with Gasteiger partial charge in [-0.2, -0.15) is 0 Å². The van der Waals surface area contributed by atoms with E-state index in [-0.39, 0.29) is 28.7 Å². The molecule has 0 aliphatic heterocycles. The molecule has 0 fully saturated rings. The third-order valence-corrected chi connectivity index (χ3v) is 10.8. The Kier molecular flexibility index (Phi) is 26.8. The monoisotopic (exact) mass is 992 g/mol. The fourth-order valence-corrected chi connectivity index (χ4v) is 6.57. The van der Waals surface area contributed by atoms with Gasteiger partial charge in [-0.1, -0.05) is 265 Å². The van der Waals surface area contributed by atoms with E-state index in [4.69, 9.17) is 0 Å². The zero-order valence-electron chi connectivity index (χ0n) is 43.8. The maximum atomic E-state index is 11.6. The quantitative estimate of drug-likeness (QED) is 0.0523. The summed E-state index contributed by atoms with van der Waals surface area (Å²) in [5, 5.41) is 3.47. The smallest absolute Gasteiger partial charge is 0.330 e. The van der Waals surface area contributed by atoms with Crippen LogP contribution in [0.5, 0.6) is 0 Å². The molecule has 0 spiro atoms. The number of carbonyl (C=O) groups is 4. The number of hydrogen-bond donors (Lipinski definition) is 1. The lowest BCUT2D eigenvalue weighted by Gasteiger charge is -2.21. The summed E-state index contributed by atoms with van der Waals surface area (Å²) in [6.07, 6.45) is 25.9. The summed E-state index contributed by atoms with van der Waals surface area (Å²) in [4.78, 5) is 46.1. The van der Waals surface area contributed by atoms with E-state index in [9.17, 15) is 19.2 Å². The third kappa shape index (κ3) is 25.8. The molecule has 7 rings (SSSR count). The normalized spacial score (nSPS) is 11.3. The van der Waals surface area contributed by atoms with Gasteiger partial charge in [0, 0.05) is 18.3 Å². The van der Waals surface area contributed by atoms with Crippen molar-refractivity contribution >= 4 is 71.5 Å². The van der Waals surface area contributed by atoms with Gasteiger partial charge < -0.3 is 10.1 Å². The minimum Gasteiger partial charge on any atom is -0.466 e. The SMILES string of the molecule is CCCCNc1cc(C(C)(C)C)ccc1C=CC(=O)OC.O=C(C=Cc1ccccc1)C=Cc1ccccc1.O=C(C=Cc1ccccc1)C=Cc1ccccc1.O=C(C=Cc1ccccc1)C=Cc1ccccc1. The van der Waals surface area contributed by atoms with Crippen LogP contribution in [-0.4, -0.2) is 37.0 Å². The molecule has 6 nitrogen and oxygen atoms in total. The van der Waals surface area contributed by atoms with Crippen LogP contribution in [0.25, 0.3) is 42.5 Å². The van der Waals surface area contributed by atoms with Crippen LogP contribution in [0.2, 0.25) is 0 Å². The number of methoxy groups -OCH3 is 1. The van der Waals surface area contributed by atoms with Gasteiger partial charge in [0.15, 0.2) is 17.3 Å². The Morgan fingerprint density at radius 3 is 0.960 bits per heavy atom. The van der Waals surface area contributed by atoms with Crippen LogP contribution in [0.15, 0.2) is 243 Å². The summed E-state index contributed by atoms with van der Waals surface area (Å²) in [7, 11) is 1.38. The highest BCUT2D eigenvalue weighted by Crippen LogP contribution is 2.28. The lowest BCUT2D eigenvalue weighted by Crippen LogP contribution is -2.12. The Morgan fingerprint density at radius 2 is 0.707 bits per heavy atom. The first-order chi connectivity index (χ1) is 36.4. The lowest BCUT2D eigenvalue weighted by molar-refractivity contribution is -0.134. The number of ether oxygens (including phenoxy) is 1. The minimum absolute atomic E-state index is 0.0114. The molecule has 0 bridgehead atoms. The fourth-order valence-electron chi connectivity index (χ4n) is 6.57. The Bertz CT molecular complexity index is 2570. The summed E-state index contributed by atoms with van der Waals surface area (Å²) in [5.41, 5.74) is 9.61. The van der Waals surface area contributed by atoms with E-state index >= 15 is 0 Å². The number of ketones is 3. The Balaban J connectivity index is 0.000000217. The fraction of sp³-hybridized carbons (Fsp3) is 0.130. The van der Waals surface area contributed by atoms with Crippen LogP contribution in [-0.2, 0) is 29.3 Å². The van der Waals surface area contributed by atoms with Gasteiger partial charge in [0.05, 0.1) is 7.11 Å². The molecule has 75 heavy (non-hydrogen) atoms. The predicted molar refractivity (Wildman–Crippen MR) is 317 cm³/mol. The van der Waals surface area contributed by atoms with E-state index in [0.29, 0.717) is 0 Å². The summed E-state index contributed by atoms with van der Waals surface area (Å²) in [6.45, 7) is 9.70. The molecule has 6 heteroatoms. The first kappa shape index (κ1) is 58.6. The number of anilines is 1. The molecular formula is C69H69NO5. The van der Waals surface area contributed by atoms with Crippen molar-refractivity contribution in [2.75, 3.05) is 19.0 Å². The van der Waals surface area contributed by atoms with Crippen molar-refractivity contribution in [2.45, 2.75) is 46.0 Å². The van der Waals surface area contributed by atoms with Gasteiger partial charge in [0.25, 0.3) is 0 Å². The number of unbranched alkanes of at least 4 members (excludes halogenated alkanes) is 1. The average Bonchev–Trinajstić information content (AvgIpc) is 3.45. The summed E-state index contributed by atoms with van der Waals surface area (Å²) in [6, 6.07) is 65.0. The molecule has 7 aromatic carbocycles. The highest BCUT2D eigenvalue weighted by molar-refractivity contribution is 6.05. The standard InChI is InChI=1S/C18H27NO2.3C17H14O/c1-6-7-12-19-16-13-15(18(2,3)4)10-8-14(16)9-11-17(20)21-5;3*18-17(13-11-15-7-3-1-4-8-15)14-12-16-9-5-2-6-10-16/h8-11,13,19H,6-7,12H2,1-5H3;3*1-14H. The number of nitrogens with one attached hydrogen (secondary N) is 1. The van der Waals surface area contributed by atoms with Crippen molar-refractivity contribution in [3.8, 4) is 0 Å². The van der Waals surface area contributed by atoms with Gasteiger partial charge in [0.1, 0.15) is 0 Å². The van der Waals surface area contributed by atoms with Gasteiger partial charge in [-0.15, -0.1) is 0 Å². The molecular weight excluding hydrogens is 923 g/mol. The number of carbonyl (C=O) groups excluding carboxylic acids is 4. The van der Waals surface area contributed by atoms with Crippen molar-refractivity contribution in [3.63, 3.8) is 0 Å². The lowest BCUT2D eigenvalue weighted by atomic mass is 9.86. The molecule has 0 saturated heterocycles. The number of esters is 1. The molecule has 0 aliphatic rings. The number of allylic oxidation sites excluding steroid dienone is 6. The first-order valence-corrected chi connectivity index (χ1v) is 25.1. The Hall–Kier alpha value is -9.00. The van der Waals surface area contributed by atoms with Gasteiger partial charge in [-0.25, -0.2) is 4.79 Å². The van der Waals surface area contributed by atoms with E-state index in [1.54, 1.807) is 42.5 Å². The molecule has 0 aliphatic carbocycles. The van der Waals surface area contributed by atoms with E-state index in [1.807, 2.05) is 225 Å². The molecule has 0 atom stereocenters. The van der Waals surface area contributed by atoms with Crippen molar-refractivity contribution in [3.05, 3.63) is 287 Å². The zero-order valence-corrected chi connectivity index (χ0v) is 43.8. The largest absolute Gasteiger partial charge is 0.466 e. The van der Waals surface area contributed by atoms with E-state index in [2.05, 4.69) is 49.9 Å². The van der Waals surface area contributed by atoms with Gasteiger partial charge in [0.2, 0.25) is 0 Å². The molecule has 0 aromatic heterocycles. The second-order valence-corrected chi connectivity index (χ2v) is 17.9. The third-order valence-electron chi connectivity index (χ3n) is 10.8. The molecule has 1 N–H and O–H groups in total. The summed E-state index contributed by atoms with van der Waals surface area (Å²) >= 11 is 0. The maximum Gasteiger partial charge on any atom is 0.330 e. The van der Waals surface area contributed by atoms with Crippen LogP contribution in [0, 0.1) is 0 Å². The summed E-state index contributed by atoms with van der Waals surface area (Å²) < 4.78 is 4.64. The van der Waals surface area contributed by atoms with Crippen LogP contribution >= 0.6 is 0 Å². The second-order valence-electron chi connectivity index (χ2n) is 17.9. The number of benzene rings is 7. The van der Waals surface area contributed by atoms with E-state index in [0.717, 1.165) is 64.0 Å². The van der Waals surface area contributed by atoms with Crippen LogP contribution < -0.4 is 5.32 Å². The maximum absolute atomic E-state index is 11.6. The molecule has 0 amide bonds. The molecule has 7 aromatic rings. The topological polar surface area (TPSA) is 89.5 Å². The van der Waals surface area contributed by atoms with Crippen molar-refractivity contribution < 1.29 is 23.9 Å². The number of rotatable bonds is 18. The van der Waals surface area contributed by atoms with Crippen LogP contribution in [0.1, 0.15) is 85.0 Å². The molecule has 380 valence electrons. The number of hydrogen-bond acceptors (Lipinski definition) is 6. The van der Waals surface area contributed by atoms with Crippen molar-refractivity contribution in [2.24, 2.45) is 0 Å². The van der Waals surface area contributed by atoms with Crippen LogP contribution in [0.4, 0.5) is 5.69 Å². The highest BCUT2D eigenvalue weighted by atomic mass is 16.5. The van der Waals surface area contributed by atoms with Crippen molar-refractivity contribution in [1.29, 1.82) is 0 Å². The molecule has 0 heterocycles. The minimum atomic E-state index is -0.339. The Labute approximate surface area is 445 Å². The molecule has 0 unspecified atom stereocenters. The van der Waals surface area contributed by atoms with Gasteiger partial charge in [-0.05, 0) is 105 Å². The van der Waals surface area contributed by atoms with Crippen molar-refractivity contribution in [1.82, 2.24) is 0 Å². The molecule has 0 radical (unpaired) electrons. The Morgan fingerprint density at radius 1 is 0.413 bits per heavy atom. The first-order valence-electron chi connectivity index (χ1n) is 25.1. The highest BCUT2D eigenvalue weighted by Gasteiger charge is 2.15. The average molecular weight is 992 g/mol. The van der Waals surface area contributed by atoms with Crippen LogP contribution in [0.3, 0.4) is 0 Å². The zero-order chi connectivity index (χ0) is 53.8. The van der Waals surface area contributed by atoms with Gasteiger partial charge in [-0.3, -0.25) is 14.4 Å². The van der Waals surface area contributed by atoms with E-state index < -0.39 is 0 Å². The van der Waals surface area contributed by atoms with Gasteiger partial charge >= 0.3 is 5.97 Å². The predicted octanol–water partition coefficient (Wildman–Crippen LogP) is 16.3. The van der Waals surface area contributed by atoms with E-state index in [1.165, 1.54) is 18.7 Å².